The van der Waals surface area contributed by atoms with E-state index in [-0.39, 0.29) is 5.91 Å². The fraction of sp³-hybridized carbons (Fsp3) is 0.176. The van der Waals surface area contributed by atoms with Crippen LogP contribution >= 0.6 is 11.3 Å². The molecule has 4 heteroatoms. The van der Waals surface area contributed by atoms with Gasteiger partial charge < -0.3 is 4.90 Å². The van der Waals surface area contributed by atoms with Crippen molar-refractivity contribution in [3.63, 3.8) is 0 Å². The predicted molar refractivity (Wildman–Crippen MR) is 84.5 cm³/mol. The number of nitrogens with zero attached hydrogens (tertiary/aromatic N) is 2. The molecule has 4 rings (SSSR count). The smallest absolute Gasteiger partial charge is 0.254 e. The van der Waals surface area contributed by atoms with Gasteiger partial charge in [-0.1, -0.05) is 24.3 Å². The van der Waals surface area contributed by atoms with Crippen molar-refractivity contribution < 1.29 is 4.79 Å². The van der Waals surface area contributed by atoms with Crippen LogP contribution in [0.3, 0.4) is 0 Å². The Kier molecular flexibility index (Phi) is 2.97. The van der Waals surface area contributed by atoms with Crippen molar-refractivity contribution in [3.05, 3.63) is 64.7 Å². The Balaban J connectivity index is 1.63. The van der Waals surface area contributed by atoms with E-state index in [1.54, 1.807) is 11.3 Å². The number of benzene rings is 2. The molecule has 2 heterocycles. The van der Waals surface area contributed by atoms with Crippen LogP contribution < -0.4 is 0 Å². The highest BCUT2D eigenvalue weighted by atomic mass is 32.1. The third-order valence-electron chi connectivity index (χ3n) is 4.00. The molecule has 1 amide bonds. The normalized spacial score (nSPS) is 14.2. The highest BCUT2D eigenvalue weighted by Crippen LogP contribution is 2.23. The van der Waals surface area contributed by atoms with Crippen molar-refractivity contribution in [1.29, 1.82) is 0 Å². The summed E-state index contributed by atoms with van der Waals surface area (Å²) in [7, 11) is 0. The van der Waals surface area contributed by atoms with Gasteiger partial charge in [-0.3, -0.25) is 4.79 Å². The maximum absolute atomic E-state index is 12.7. The molecule has 1 aromatic heterocycles. The number of aromatic nitrogens is 1. The average Bonchev–Trinajstić information content (AvgIpc) is 3.01. The van der Waals surface area contributed by atoms with Crippen molar-refractivity contribution >= 4 is 27.5 Å². The Hall–Kier alpha value is -2.20. The number of amides is 1. The van der Waals surface area contributed by atoms with Gasteiger partial charge in [-0.2, -0.15) is 0 Å². The van der Waals surface area contributed by atoms with E-state index in [9.17, 15) is 4.79 Å². The first-order valence-corrected chi connectivity index (χ1v) is 7.88. The first-order valence-electron chi connectivity index (χ1n) is 7.00. The summed E-state index contributed by atoms with van der Waals surface area (Å²) in [5.74, 6) is 0.111. The molecule has 0 unspecified atom stereocenters. The lowest BCUT2D eigenvalue weighted by molar-refractivity contribution is 0.0735. The van der Waals surface area contributed by atoms with Crippen molar-refractivity contribution in [1.82, 2.24) is 9.88 Å². The van der Waals surface area contributed by atoms with Gasteiger partial charge in [0.25, 0.3) is 5.91 Å². The van der Waals surface area contributed by atoms with E-state index in [1.165, 1.54) is 11.1 Å². The van der Waals surface area contributed by atoms with Crippen molar-refractivity contribution in [3.8, 4) is 0 Å². The van der Waals surface area contributed by atoms with Crippen LogP contribution in [0.4, 0.5) is 0 Å². The van der Waals surface area contributed by atoms with Gasteiger partial charge in [-0.05, 0) is 35.7 Å². The maximum Gasteiger partial charge on any atom is 0.254 e. The summed E-state index contributed by atoms with van der Waals surface area (Å²) >= 11 is 1.57. The van der Waals surface area contributed by atoms with Crippen molar-refractivity contribution in [2.75, 3.05) is 6.54 Å². The number of hydrogen-bond acceptors (Lipinski definition) is 3. The number of fused-ring (bicyclic) bond motifs is 2. The first kappa shape index (κ1) is 12.5. The highest BCUT2D eigenvalue weighted by molar-refractivity contribution is 7.16. The second-order valence-electron chi connectivity index (χ2n) is 5.28. The monoisotopic (exact) mass is 294 g/mol. The average molecular weight is 294 g/mol. The van der Waals surface area contributed by atoms with Gasteiger partial charge in [0.05, 0.1) is 15.7 Å². The van der Waals surface area contributed by atoms with Crippen LogP contribution in [0.2, 0.25) is 0 Å². The molecule has 3 aromatic rings. The zero-order valence-electron chi connectivity index (χ0n) is 11.5. The van der Waals surface area contributed by atoms with E-state index in [2.05, 4.69) is 23.2 Å². The van der Waals surface area contributed by atoms with Gasteiger partial charge in [0.15, 0.2) is 0 Å². The molecule has 0 saturated carbocycles. The molecule has 0 radical (unpaired) electrons. The quantitative estimate of drug-likeness (QED) is 0.688. The summed E-state index contributed by atoms with van der Waals surface area (Å²) in [6.07, 6.45) is 0.935. The van der Waals surface area contributed by atoms with Crippen LogP contribution in [0.15, 0.2) is 48.0 Å². The molecule has 0 aliphatic carbocycles. The van der Waals surface area contributed by atoms with E-state index in [4.69, 9.17) is 0 Å². The van der Waals surface area contributed by atoms with E-state index >= 15 is 0 Å². The van der Waals surface area contributed by atoms with Gasteiger partial charge in [-0.25, -0.2) is 4.98 Å². The van der Waals surface area contributed by atoms with Gasteiger partial charge in [0.1, 0.15) is 0 Å². The Morgan fingerprint density at radius 3 is 2.90 bits per heavy atom. The third-order valence-corrected chi connectivity index (χ3v) is 4.79. The molecule has 0 spiro atoms. The summed E-state index contributed by atoms with van der Waals surface area (Å²) in [4.78, 5) is 18.9. The molecule has 1 aliphatic rings. The molecule has 0 bridgehead atoms. The van der Waals surface area contributed by atoms with E-state index in [1.807, 2.05) is 34.7 Å². The fourth-order valence-electron chi connectivity index (χ4n) is 2.84. The first-order chi connectivity index (χ1) is 10.3. The molecular weight excluding hydrogens is 280 g/mol. The second kappa shape index (κ2) is 4.97. The lowest BCUT2D eigenvalue weighted by atomic mass is 9.99. The van der Waals surface area contributed by atoms with Gasteiger partial charge in [0, 0.05) is 18.7 Å². The minimum atomic E-state index is 0.111. The van der Waals surface area contributed by atoms with E-state index in [0.29, 0.717) is 6.54 Å². The lowest BCUT2D eigenvalue weighted by Crippen LogP contribution is -2.35. The molecule has 104 valence electrons. The molecular formula is C17H14N2OS. The molecule has 0 atom stereocenters. The van der Waals surface area contributed by atoms with Crippen LogP contribution in [0.5, 0.6) is 0 Å². The van der Waals surface area contributed by atoms with Crippen molar-refractivity contribution in [2.24, 2.45) is 0 Å². The summed E-state index contributed by atoms with van der Waals surface area (Å²) in [5, 5.41) is 0. The van der Waals surface area contributed by atoms with Crippen molar-refractivity contribution in [2.45, 2.75) is 13.0 Å². The molecule has 0 fully saturated rings. The lowest BCUT2D eigenvalue weighted by Gasteiger charge is -2.29. The van der Waals surface area contributed by atoms with Crippen LogP contribution in [-0.2, 0) is 13.0 Å². The Morgan fingerprint density at radius 2 is 2.00 bits per heavy atom. The van der Waals surface area contributed by atoms with Crippen LogP contribution in [0, 0.1) is 0 Å². The summed E-state index contributed by atoms with van der Waals surface area (Å²) in [5.41, 5.74) is 6.15. The number of thiazole rings is 1. The minimum absolute atomic E-state index is 0.111. The molecule has 0 N–H and O–H groups in total. The molecule has 0 saturated heterocycles. The minimum Gasteiger partial charge on any atom is -0.334 e. The Bertz CT molecular complexity index is 824. The SMILES string of the molecule is O=C(c1ccc2ncsc2c1)N1CCc2ccccc2C1. The van der Waals surface area contributed by atoms with E-state index < -0.39 is 0 Å². The topological polar surface area (TPSA) is 33.2 Å². The Morgan fingerprint density at radius 1 is 1.14 bits per heavy atom. The van der Waals surface area contributed by atoms with E-state index in [0.717, 1.165) is 28.7 Å². The summed E-state index contributed by atoms with van der Waals surface area (Å²) in [6.45, 7) is 1.49. The molecule has 3 nitrogen and oxygen atoms in total. The molecule has 2 aromatic carbocycles. The highest BCUT2D eigenvalue weighted by Gasteiger charge is 2.21. The Labute approximate surface area is 126 Å². The van der Waals surface area contributed by atoms with Crippen LogP contribution in [0.25, 0.3) is 10.2 Å². The third kappa shape index (κ3) is 2.21. The number of carbonyl (C=O) groups is 1. The zero-order valence-corrected chi connectivity index (χ0v) is 12.3. The number of hydrogen-bond donors (Lipinski definition) is 0. The number of carbonyl (C=O) groups excluding carboxylic acids is 1. The van der Waals surface area contributed by atoms with Gasteiger partial charge in [-0.15, -0.1) is 11.3 Å². The maximum atomic E-state index is 12.7. The predicted octanol–water partition coefficient (Wildman–Crippen LogP) is 3.49. The van der Waals surface area contributed by atoms with Crippen LogP contribution in [-0.4, -0.2) is 22.3 Å². The summed E-state index contributed by atoms with van der Waals surface area (Å²) in [6, 6.07) is 14.1. The fourth-order valence-corrected chi connectivity index (χ4v) is 3.56. The van der Waals surface area contributed by atoms with Gasteiger partial charge in [0.2, 0.25) is 0 Å². The second-order valence-corrected chi connectivity index (χ2v) is 6.17. The molecule has 1 aliphatic heterocycles. The van der Waals surface area contributed by atoms with Gasteiger partial charge >= 0.3 is 0 Å². The zero-order chi connectivity index (χ0) is 14.2. The number of rotatable bonds is 1. The molecule has 21 heavy (non-hydrogen) atoms. The summed E-state index contributed by atoms with van der Waals surface area (Å²) < 4.78 is 1.07. The standard InChI is InChI=1S/C17H14N2OS/c20-17(13-5-6-15-16(9-13)21-11-18-15)19-8-7-12-3-1-2-4-14(12)10-19/h1-6,9,11H,7-8,10H2. The van der Waals surface area contributed by atoms with Crippen LogP contribution in [0.1, 0.15) is 21.5 Å². The largest absolute Gasteiger partial charge is 0.334 e.